The second-order valence-electron chi connectivity index (χ2n) is 6.20. The van der Waals surface area contributed by atoms with E-state index in [0.717, 1.165) is 20.9 Å². The largest absolute Gasteiger partial charge is 0.468 e. The van der Waals surface area contributed by atoms with Crippen molar-refractivity contribution in [3.8, 4) is 5.69 Å². The van der Waals surface area contributed by atoms with Gasteiger partial charge in [-0.1, -0.05) is 15.9 Å². The van der Waals surface area contributed by atoms with E-state index in [1.165, 1.54) is 11.8 Å². The molecule has 3 heterocycles. The van der Waals surface area contributed by atoms with Gasteiger partial charge in [0.05, 0.1) is 47.4 Å². The molecule has 0 N–H and O–H groups in total. The molecule has 0 amide bonds. The van der Waals surface area contributed by atoms with Gasteiger partial charge in [-0.3, -0.25) is 23.6 Å². The van der Waals surface area contributed by atoms with Gasteiger partial charge < -0.3 is 4.74 Å². The molecule has 0 spiro atoms. The third-order valence-corrected chi connectivity index (χ3v) is 5.02. The molecule has 27 heavy (non-hydrogen) atoms. The lowest BCUT2D eigenvalue weighted by atomic mass is 10.2. The number of imidazole rings is 1. The molecule has 4 rings (SSSR count). The summed E-state index contributed by atoms with van der Waals surface area (Å²) in [5.41, 5.74) is 3.28. The molecule has 0 bridgehead atoms. The molecule has 138 valence electrons. The monoisotopic (exact) mass is 429 g/mol. The minimum atomic E-state index is -0.409. The summed E-state index contributed by atoms with van der Waals surface area (Å²) in [6.45, 7) is 1.78. The fourth-order valence-electron chi connectivity index (χ4n) is 3.20. The Kier molecular flexibility index (Phi) is 4.11. The van der Waals surface area contributed by atoms with Crippen molar-refractivity contribution in [1.82, 2.24) is 23.9 Å². The molecule has 0 unspecified atom stereocenters. The van der Waals surface area contributed by atoms with Gasteiger partial charge in [0.25, 0.3) is 0 Å². The van der Waals surface area contributed by atoms with Gasteiger partial charge in [0, 0.05) is 16.9 Å². The smallest absolute Gasteiger partial charge is 0.333 e. The van der Waals surface area contributed by atoms with E-state index in [1.54, 1.807) is 35.5 Å². The molecule has 8 nitrogen and oxygen atoms in total. The number of aromatic nitrogens is 5. The van der Waals surface area contributed by atoms with Crippen molar-refractivity contribution in [2.75, 3.05) is 7.11 Å². The summed E-state index contributed by atoms with van der Waals surface area (Å²) in [6, 6.07) is 5.75. The van der Waals surface area contributed by atoms with Crippen LogP contribution in [0.2, 0.25) is 0 Å². The molecule has 3 aromatic heterocycles. The van der Waals surface area contributed by atoms with Gasteiger partial charge in [-0.15, -0.1) is 0 Å². The third kappa shape index (κ3) is 2.74. The van der Waals surface area contributed by atoms with Crippen LogP contribution in [0.5, 0.6) is 0 Å². The number of pyridine rings is 1. The summed E-state index contributed by atoms with van der Waals surface area (Å²) in [5, 5.41) is 5.20. The Labute approximate surface area is 162 Å². The molecule has 0 aliphatic carbocycles. The van der Waals surface area contributed by atoms with Gasteiger partial charge in [-0.2, -0.15) is 5.10 Å². The van der Waals surface area contributed by atoms with Crippen LogP contribution < -0.4 is 5.69 Å². The highest BCUT2D eigenvalue weighted by Crippen LogP contribution is 2.28. The average molecular weight is 430 g/mol. The van der Waals surface area contributed by atoms with Crippen LogP contribution in [0.25, 0.3) is 27.6 Å². The van der Waals surface area contributed by atoms with E-state index >= 15 is 0 Å². The number of fused-ring (bicyclic) bond motifs is 3. The number of halogens is 1. The molecular weight excluding hydrogens is 414 g/mol. The maximum absolute atomic E-state index is 13.0. The number of ether oxygens (including phenoxy) is 1. The molecule has 9 heteroatoms. The van der Waals surface area contributed by atoms with Crippen LogP contribution in [-0.4, -0.2) is 37.0 Å². The first kappa shape index (κ1) is 17.5. The summed E-state index contributed by atoms with van der Waals surface area (Å²) in [5.74, 6) is -0.409. The minimum Gasteiger partial charge on any atom is -0.468 e. The van der Waals surface area contributed by atoms with Gasteiger partial charge in [0.2, 0.25) is 0 Å². The van der Waals surface area contributed by atoms with Crippen molar-refractivity contribution in [2.24, 2.45) is 7.05 Å². The molecular formula is C18H16BrN5O3. The van der Waals surface area contributed by atoms with E-state index in [2.05, 4.69) is 26.0 Å². The zero-order valence-corrected chi connectivity index (χ0v) is 16.5. The fourth-order valence-corrected chi connectivity index (χ4v) is 3.56. The highest BCUT2D eigenvalue weighted by atomic mass is 79.9. The number of benzene rings is 1. The van der Waals surface area contributed by atoms with E-state index in [1.807, 2.05) is 18.2 Å². The molecule has 1 aromatic carbocycles. The molecule has 0 fully saturated rings. The van der Waals surface area contributed by atoms with Gasteiger partial charge in [0.1, 0.15) is 6.54 Å². The number of nitrogens with zero attached hydrogens (tertiary/aromatic N) is 5. The number of aryl methyl sites for hydroxylation is 2. The number of carbonyl (C=O) groups excluding carboxylic acids is 1. The zero-order valence-electron chi connectivity index (χ0n) is 14.9. The highest BCUT2D eigenvalue weighted by molar-refractivity contribution is 9.10. The number of hydrogen-bond acceptors (Lipinski definition) is 5. The minimum absolute atomic E-state index is 0.0231. The lowest BCUT2D eigenvalue weighted by Crippen LogP contribution is -2.21. The van der Waals surface area contributed by atoms with Crippen LogP contribution in [0.1, 0.15) is 5.69 Å². The Morgan fingerprint density at radius 3 is 2.85 bits per heavy atom. The first-order valence-corrected chi connectivity index (χ1v) is 8.97. The highest BCUT2D eigenvalue weighted by Gasteiger charge is 2.19. The van der Waals surface area contributed by atoms with Crippen LogP contribution in [0.4, 0.5) is 0 Å². The lowest BCUT2D eigenvalue weighted by molar-refractivity contribution is -0.141. The van der Waals surface area contributed by atoms with Crippen LogP contribution in [-0.2, 0) is 23.1 Å². The topological polar surface area (TPSA) is 83.9 Å². The Morgan fingerprint density at radius 1 is 1.33 bits per heavy atom. The normalized spacial score (nSPS) is 11.4. The quantitative estimate of drug-likeness (QED) is 0.466. The number of esters is 1. The Morgan fingerprint density at radius 2 is 2.11 bits per heavy atom. The molecule has 0 radical (unpaired) electrons. The van der Waals surface area contributed by atoms with E-state index in [4.69, 9.17) is 4.74 Å². The summed E-state index contributed by atoms with van der Waals surface area (Å²) in [4.78, 5) is 29.0. The lowest BCUT2D eigenvalue weighted by Gasteiger charge is -2.05. The fraction of sp³-hybridized carbons (Fsp3) is 0.222. The Balaban J connectivity index is 2.05. The molecule has 0 atom stereocenters. The number of hydrogen-bond donors (Lipinski definition) is 0. The van der Waals surface area contributed by atoms with Crippen molar-refractivity contribution in [3.63, 3.8) is 0 Å². The molecule has 0 aliphatic rings. The van der Waals surface area contributed by atoms with E-state index < -0.39 is 5.97 Å². The van der Waals surface area contributed by atoms with Crippen molar-refractivity contribution >= 4 is 43.8 Å². The van der Waals surface area contributed by atoms with Crippen LogP contribution in [0.15, 0.2) is 39.9 Å². The maximum Gasteiger partial charge on any atom is 0.333 e. The van der Waals surface area contributed by atoms with Crippen molar-refractivity contribution in [2.45, 2.75) is 13.5 Å². The third-order valence-electron chi connectivity index (χ3n) is 4.53. The van der Waals surface area contributed by atoms with Crippen LogP contribution >= 0.6 is 15.9 Å². The predicted molar refractivity (Wildman–Crippen MR) is 104 cm³/mol. The Bertz CT molecular complexity index is 1270. The maximum atomic E-state index is 13.0. The van der Waals surface area contributed by atoms with Crippen molar-refractivity contribution in [3.05, 3.63) is 51.2 Å². The van der Waals surface area contributed by atoms with Crippen LogP contribution in [0.3, 0.4) is 0 Å². The van der Waals surface area contributed by atoms with Gasteiger partial charge in [-0.25, -0.2) is 4.79 Å². The Hall–Kier alpha value is -2.94. The number of carbonyl (C=O) groups is 1. The molecule has 0 saturated carbocycles. The first-order valence-electron chi connectivity index (χ1n) is 8.17. The zero-order chi connectivity index (χ0) is 19.3. The van der Waals surface area contributed by atoms with Crippen LogP contribution in [0, 0.1) is 6.92 Å². The average Bonchev–Trinajstić information content (AvgIpc) is 3.12. The SMILES string of the molecule is COC(=O)Cn1cc(-n2c(=O)n(C)c3cnc4ccc(Br)cc4c32)c(C)n1. The summed E-state index contributed by atoms with van der Waals surface area (Å²) in [7, 11) is 3.03. The first-order chi connectivity index (χ1) is 12.9. The van der Waals surface area contributed by atoms with Gasteiger partial charge in [-0.05, 0) is 25.1 Å². The second-order valence-corrected chi connectivity index (χ2v) is 7.12. The van der Waals surface area contributed by atoms with E-state index in [9.17, 15) is 9.59 Å². The van der Waals surface area contributed by atoms with E-state index in [0.29, 0.717) is 16.9 Å². The molecule has 0 saturated heterocycles. The van der Waals surface area contributed by atoms with Gasteiger partial charge >= 0.3 is 11.7 Å². The summed E-state index contributed by atoms with van der Waals surface area (Å²) < 4.78 is 10.2. The van der Waals surface area contributed by atoms with Crippen molar-refractivity contribution < 1.29 is 9.53 Å². The second kappa shape index (κ2) is 6.34. The number of methoxy groups -OCH3 is 1. The van der Waals surface area contributed by atoms with Crippen molar-refractivity contribution in [1.29, 1.82) is 0 Å². The number of rotatable bonds is 3. The summed E-state index contributed by atoms with van der Waals surface area (Å²) in [6.07, 6.45) is 3.37. The molecule has 4 aromatic rings. The predicted octanol–water partition coefficient (Wildman–Crippen LogP) is 2.32. The van der Waals surface area contributed by atoms with E-state index in [-0.39, 0.29) is 12.2 Å². The standard InChI is InChI=1S/C18H16BrN5O3/c1-10-15(8-23(21-10)9-16(25)27-3)24-17-12-6-11(19)4-5-13(12)20-7-14(17)22(2)18(24)26/h4-8H,9H2,1-3H3. The van der Waals surface area contributed by atoms with Gasteiger partial charge in [0.15, 0.2) is 0 Å². The summed E-state index contributed by atoms with van der Waals surface area (Å²) >= 11 is 3.49. The molecule has 0 aliphatic heterocycles.